The van der Waals surface area contributed by atoms with Crippen molar-refractivity contribution < 1.29 is 29.4 Å². The number of esters is 1. The van der Waals surface area contributed by atoms with Crippen LogP contribution in [-0.2, 0) is 14.9 Å². The number of carbonyl (C=O) groups is 1. The lowest BCUT2D eigenvalue weighted by molar-refractivity contribution is -0.920. The first-order chi connectivity index (χ1) is 14.3. The normalized spacial score (nSPS) is 43.1. The number of methoxy groups -OCH3 is 2. The number of likely N-dealkylation sites (N-methyl/N-ethyl adjacent to an activating group) is 1. The number of nitrogens with one attached hydrogen (secondary N) is 1. The molecular weight excluding hydrogens is 384 g/mol. The van der Waals surface area contributed by atoms with Crippen LogP contribution in [0.2, 0.25) is 0 Å². The molecule has 162 valence electrons. The lowest BCUT2D eigenvalue weighted by Gasteiger charge is -2.60. The van der Waals surface area contributed by atoms with E-state index < -0.39 is 34.5 Å². The van der Waals surface area contributed by atoms with Gasteiger partial charge in [0.05, 0.1) is 44.2 Å². The van der Waals surface area contributed by atoms with Gasteiger partial charge in [0.1, 0.15) is 17.9 Å². The molecule has 7 atom stereocenters. The van der Waals surface area contributed by atoms with Crippen molar-refractivity contribution in [3.63, 3.8) is 0 Å². The molecule has 4 aliphatic rings. The molecule has 3 heterocycles. The summed E-state index contributed by atoms with van der Waals surface area (Å²) in [7, 11) is 4.80. The molecule has 2 fully saturated rings. The second kappa shape index (κ2) is 6.22. The number of hydrogen-bond donors (Lipinski definition) is 3. The van der Waals surface area contributed by atoms with Crippen molar-refractivity contribution in [2.45, 2.75) is 49.0 Å². The molecule has 1 saturated carbocycles. The molecule has 30 heavy (non-hydrogen) atoms. The Hall–Kier alpha value is -2.09. The zero-order valence-electron chi connectivity index (χ0n) is 18.0. The summed E-state index contributed by atoms with van der Waals surface area (Å²) in [5.74, 6) is -0.0463. The maximum absolute atomic E-state index is 13.2. The Bertz CT molecular complexity index is 934. The monoisotopic (exact) mass is 415 g/mol. The summed E-state index contributed by atoms with van der Waals surface area (Å²) >= 11 is 0. The highest BCUT2D eigenvalue weighted by atomic mass is 16.5. The minimum atomic E-state index is -2.06. The Morgan fingerprint density at radius 3 is 2.80 bits per heavy atom. The number of fused-ring (bicyclic) bond motifs is 1. The number of benzene rings is 1. The van der Waals surface area contributed by atoms with E-state index in [2.05, 4.69) is 18.2 Å². The first-order valence-electron chi connectivity index (χ1n) is 10.8. The predicted molar refractivity (Wildman–Crippen MR) is 111 cm³/mol. The van der Waals surface area contributed by atoms with E-state index >= 15 is 0 Å². The fourth-order valence-corrected chi connectivity index (χ4v) is 7.56. The number of aliphatic hydroxyl groups is 2. The van der Waals surface area contributed by atoms with Crippen molar-refractivity contribution in [2.24, 2.45) is 5.41 Å². The number of rotatable bonds is 3. The molecule has 0 radical (unpaired) electrons. The number of ether oxygens (including phenoxy) is 2. The minimum Gasteiger partial charge on any atom is -0.497 e. The third-order valence-corrected chi connectivity index (χ3v) is 8.56. The SMILES string of the molecule is CC[C@]12C=CC[NH+]3CC[C@@]4(c5ccc(OC)cc5N(C)[C@H]4[C@@](O)(C(=O)OC)[C@@H]1O)[C@@H]32. The highest BCUT2D eigenvalue weighted by Gasteiger charge is 2.81. The molecule has 1 saturated heterocycles. The van der Waals surface area contributed by atoms with Crippen molar-refractivity contribution in [1.29, 1.82) is 0 Å². The van der Waals surface area contributed by atoms with Crippen LogP contribution < -0.4 is 14.5 Å². The van der Waals surface area contributed by atoms with Crippen LogP contribution in [0.1, 0.15) is 25.3 Å². The predicted octanol–water partition coefficient (Wildman–Crippen LogP) is -0.347. The van der Waals surface area contributed by atoms with Gasteiger partial charge in [-0.1, -0.05) is 19.1 Å². The summed E-state index contributed by atoms with van der Waals surface area (Å²) in [4.78, 5) is 16.5. The Kier molecular flexibility index (Phi) is 4.11. The van der Waals surface area contributed by atoms with Gasteiger partial charge in [-0.2, -0.15) is 0 Å². The largest absolute Gasteiger partial charge is 0.497 e. The molecule has 3 N–H and O–H groups in total. The maximum Gasteiger partial charge on any atom is 0.342 e. The molecule has 0 aromatic heterocycles. The topological polar surface area (TPSA) is 83.7 Å². The highest BCUT2D eigenvalue weighted by Crippen LogP contribution is 2.63. The summed E-state index contributed by atoms with van der Waals surface area (Å²) in [6, 6.07) is 5.44. The fraction of sp³-hybridized carbons (Fsp3) is 0.609. The molecule has 1 unspecified atom stereocenters. The van der Waals surface area contributed by atoms with Gasteiger partial charge in [-0.05, 0) is 24.1 Å². The zero-order chi connectivity index (χ0) is 21.5. The fourth-order valence-electron chi connectivity index (χ4n) is 7.56. The van der Waals surface area contributed by atoms with Gasteiger partial charge < -0.3 is 29.5 Å². The summed E-state index contributed by atoms with van der Waals surface area (Å²) in [6.07, 6.45) is 4.35. The van der Waals surface area contributed by atoms with Crippen LogP contribution in [0, 0.1) is 5.41 Å². The van der Waals surface area contributed by atoms with Gasteiger partial charge >= 0.3 is 5.97 Å². The third kappa shape index (κ3) is 1.95. The van der Waals surface area contributed by atoms with E-state index in [0.29, 0.717) is 6.42 Å². The molecule has 3 aliphatic heterocycles. The lowest BCUT2D eigenvalue weighted by atomic mass is 9.48. The smallest absolute Gasteiger partial charge is 0.342 e. The average molecular weight is 416 g/mol. The van der Waals surface area contributed by atoms with Crippen LogP contribution in [0.15, 0.2) is 30.4 Å². The van der Waals surface area contributed by atoms with Gasteiger partial charge in [0.2, 0.25) is 5.60 Å². The van der Waals surface area contributed by atoms with Crippen molar-refractivity contribution >= 4 is 11.7 Å². The summed E-state index contributed by atoms with van der Waals surface area (Å²) in [6.45, 7) is 3.85. The molecule has 0 amide bonds. The van der Waals surface area contributed by atoms with Crippen LogP contribution >= 0.6 is 0 Å². The standard InChI is InChI=1S/C23H30N2O5/c1-5-21-9-6-11-25-12-10-22(17(21)25)15-8-7-14(29-3)13-16(15)24(2)18(22)23(28,19(21)26)20(27)30-4/h6-9,13,17-19,26,28H,5,10-12H2,1-4H3/p+1/t17-,18+,19+,21+,22+,23-/m0/s1. The van der Waals surface area contributed by atoms with Crippen molar-refractivity contribution in [3.8, 4) is 5.75 Å². The van der Waals surface area contributed by atoms with Gasteiger partial charge in [0.25, 0.3) is 0 Å². The second-order valence-corrected chi connectivity index (χ2v) is 9.32. The van der Waals surface area contributed by atoms with E-state index in [0.717, 1.165) is 36.5 Å². The Labute approximate surface area is 176 Å². The van der Waals surface area contributed by atoms with E-state index in [-0.39, 0.29) is 6.04 Å². The second-order valence-electron chi connectivity index (χ2n) is 9.32. The summed E-state index contributed by atoms with van der Waals surface area (Å²) < 4.78 is 10.6. The third-order valence-electron chi connectivity index (χ3n) is 8.56. The van der Waals surface area contributed by atoms with E-state index in [9.17, 15) is 15.0 Å². The molecule has 1 spiro atoms. The number of aliphatic hydroxyl groups excluding tert-OH is 1. The van der Waals surface area contributed by atoms with Crippen LogP contribution in [0.25, 0.3) is 0 Å². The van der Waals surface area contributed by atoms with E-state index in [4.69, 9.17) is 9.47 Å². The maximum atomic E-state index is 13.2. The Balaban J connectivity index is 1.85. The van der Waals surface area contributed by atoms with E-state index in [1.54, 1.807) is 7.11 Å². The number of quaternary nitrogens is 1. The number of carbonyl (C=O) groups excluding carboxylic acids is 1. The molecule has 7 heteroatoms. The molecule has 0 bridgehead atoms. The van der Waals surface area contributed by atoms with Crippen molar-refractivity contribution in [2.75, 3.05) is 39.3 Å². The minimum absolute atomic E-state index is 0.0574. The van der Waals surface area contributed by atoms with Gasteiger partial charge in [-0.25, -0.2) is 4.79 Å². The van der Waals surface area contributed by atoms with Crippen LogP contribution in [0.4, 0.5) is 5.69 Å². The first kappa shape index (κ1) is 19.8. The van der Waals surface area contributed by atoms with Crippen molar-refractivity contribution in [1.82, 2.24) is 0 Å². The Morgan fingerprint density at radius 1 is 1.37 bits per heavy atom. The Morgan fingerprint density at radius 2 is 2.13 bits per heavy atom. The quantitative estimate of drug-likeness (QED) is 0.463. The van der Waals surface area contributed by atoms with Crippen molar-refractivity contribution in [3.05, 3.63) is 35.9 Å². The number of anilines is 1. The summed E-state index contributed by atoms with van der Waals surface area (Å²) in [5, 5.41) is 23.8. The molecule has 5 rings (SSSR count). The molecule has 7 nitrogen and oxygen atoms in total. The van der Waals surface area contributed by atoms with Gasteiger partial charge in [0.15, 0.2) is 0 Å². The zero-order valence-corrected chi connectivity index (χ0v) is 18.0. The van der Waals surface area contributed by atoms with Gasteiger partial charge in [-0.3, -0.25) is 0 Å². The molecule has 1 aliphatic carbocycles. The highest BCUT2D eigenvalue weighted by molar-refractivity contribution is 5.86. The van der Waals surface area contributed by atoms with Gasteiger partial charge in [-0.15, -0.1) is 0 Å². The van der Waals surface area contributed by atoms with Crippen LogP contribution in [-0.4, -0.2) is 74.3 Å². The van der Waals surface area contributed by atoms with Crippen LogP contribution in [0.3, 0.4) is 0 Å². The number of nitrogens with zero attached hydrogens (tertiary/aromatic N) is 1. The lowest BCUT2D eigenvalue weighted by Crippen LogP contribution is -3.18. The van der Waals surface area contributed by atoms with E-state index in [1.807, 2.05) is 31.0 Å². The molecule has 1 aromatic carbocycles. The average Bonchev–Trinajstić information content (AvgIpc) is 3.28. The first-order valence-corrected chi connectivity index (χ1v) is 10.8. The van der Waals surface area contributed by atoms with Gasteiger partial charge in [0, 0.05) is 25.2 Å². The number of hydrogen-bond acceptors (Lipinski definition) is 6. The van der Waals surface area contributed by atoms with Crippen LogP contribution in [0.5, 0.6) is 5.75 Å². The van der Waals surface area contributed by atoms with E-state index in [1.165, 1.54) is 12.0 Å². The molecule has 1 aromatic rings. The molecular formula is C23H31N2O5+. The summed E-state index contributed by atoms with van der Waals surface area (Å²) in [5.41, 5.74) is -1.19.